The first-order chi connectivity index (χ1) is 11.2. The smallest absolute Gasteiger partial charge is 0.274 e. The van der Waals surface area contributed by atoms with E-state index in [9.17, 15) is 4.79 Å². The zero-order valence-electron chi connectivity index (χ0n) is 13.0. The Hall–Kier alpha value is -2.69. The minimum atomic E-state index is -0.0127. The predicted molar refractivity (Wildman–Crippen MR) is 87.2 cm³/mol. The van der Waals surface area contributed by atoms with Crippen molar-refractivity contribution in [2.45, 2.75) is 25.8 Å². The van der Waals surface area contributed by atoms with Crippen LogP contribution in [0.25, 0.3) is 5.78 Å². The molecule has 0 saturated carbocycles. The Morgan fingerprint density at radius 2 is 2.13 bits per heavy atom. The van der Waals surface area contributed by atoms with Crippen LogP contribution in [-0.2, 0) is 0 Å². The van der Waals surface area contributed by atoms with E-state index in [1.807, 2.05) is 29.3 Å². The highest BCUT2D eigenvalue weighted by Gasteiger charge is 2.32. The Kier molecular flexibility index (Phi) is 3.33. The lowest BCUT2D eigenvalue weighted by atomic mass is 9.99. The maximum Gasteiger partial charge on any atom is 0.274 e. The fourth-order valence-corrected chi connectivity index (χ4v) is 3.37. The van der Waals surface area contributed by atoms with E-state index in [0.717, 1.165) is 19.4 Å². The van der Waals surface area contributed by atoms with Gasteiger partial charge in [-0.3, -0.25) is 9.20 Å². The lowest BCUT2D eigenvalue weighted by Crippen LogP contribution is -2.31. The number of likely N-dealkylation sites (tertiary alicyclic amines) is 1. The van der Waals surface area contributed by atoms with Crippen molar-refractivity contribution in [3.05, 3.63) is 65.7 Å². The van der Waals surface area contributed by atoms with E-state index in [0.29, 0.717) is 11.5 Å². The topological polar surface area (TPSA) is 50.5 Å². The third-order valence-electron chi connectivity index (χ3n) is 4.52. The summed E-state index contributed by atoms with van der Waals surface area (Å²) in [4.78, 5) is 23.4. The van der Waals surface area contributed by atoms with Gasteiger partial charge in [0.05, 0.1) is 6.04 Å². The number of benzene rings is 1. The van der Waals surface area contributed by atoms with Crippen LogP contribution in [0.2, 0.25) is 0 Å². The molecule has 1 saturated heterocycles. The van der Waals surface area contributed by atoms with Crippen LogP contribution in [-0.4, -0.2) is 31.7 Å². The molecule has 1 atom stereocenters. The minimum Gasteiger partial charge on any atom is -0.330 e. The van der Waals surface area contributed by atoms with E-state index < -0.39 is 0 Å². The van der Waals surface area contributed by atoms with Crippen LogP contribution in [0.5, 0.6) is 0 Å². The SMILES string of the molecule is Cc1ccccc1[C@H]1CCCN1C(=O)c1cn2cccnc2n1. The summed E-state index contributed by atoms with van der Waals surface area (Å²) >= 11 is 0. The molecule has 0 bridgehead atoms. The van der Waals surface area contributed by atoms with E-state index in [2.05, 4.69) is 29.0 Å². The van der Waals surface area contributed by atoms with Gasteiger partial charge in [0.15, 0.2) is 0 Å². The number of imidazole rings is 1. The molecule has 2 aromatic heterocycles. The molecule has 1 amide bonds. The third kappa shape index (κ3) is 2.38. The second kappa shape index (κ2) is 5.50. The van der Waals surface area contributed by atoms with Crippen molar-refractivity contribution < 1.29 is 4.79 Å². The van der Waals surface area contributed by atoms with Gasteiger partial charge in [-0.15, -0.1) is 0 Å². The molecule has 1 aliphatic heterocycles. The van der Waals surface area contributed by atoms with E-state index >= 15 is 0 Å². The van der Waals surface area contributed by atoms with Crippen molar-refractivity contribution in [1.29, 1.82) is 0 Å². The van der Waals surface area contributed by atoms with Gasteiger partial charge in [-0.1, -0.05) is 24.3 Å². The molecule has 23 heavy (non-hydrogen) atoms. The summed E-state index contributed by atoms with van der Waals surface area (Å²) in [6.07, 6.45) is 7.33. The summed E-state index contributed by atoms with van der Waals surface area (Å²) in [5, 5.41) is 0. The summed E-state index contributed by atoms with van der Waals surface area (Å²) in [6.45, 7) is 2.88. The number of fused-ring (bicyclic) bond motifs is 1. The third-order valence-corrected chi connectivity index (χ3v) is 4.52. The zero-order valence-corrected chi connectivity index (χ0v) is 13.0. The second-order valence-electron chi connectivity index (χ2n) is 5.97. The summed E-state index contributed by atoms with van der Waals surface area (Å²) in [5.41, 5.74) is 2.93. The van der Waals surface area contributed by atoms with Crippen molar-refractivity contribution in [1.82, 2.24) is 19.3 Å². The van der Waals surface area contributed by atoms with Gasteiger partial charge in [0, 0.05) is 25.1 Å². The van der Waals surface area contributed by atoms with Gasteiger partial charge >= 0.3 is 0 Å². The standard InChI is InChI=1S/C18H18N4O/c1-13-6-2-3-7-14(13)16-8-4-11-22(16)17(23)15-12-21-10-5-9-19-18(21)20-15/h2-3,5-7,9-10,12,16H,4,8,11H2,1H3/t16-/m1/s1. The average Bonchev–Trinajstić information content (AvgIpc) is 3.21. The molecule has 0 radical (unpaired) electrons. The van der Waals surface area contributed by atoms with Gasteiger partial charge < -0.3 is 4.90 Å². The molecule has 5 heteroatoms. The Balaban J connectivity index is 1.68. The van der Waals surface area contributed by atoms with E-state index in [1.54, 1.807) is 16.8 Å². The Labute approximate surface area is 134 Å². The molecule has 0 spiro atoms. The minimum absolute atomic E-state index is 0.0127. The normalized spacial score (nSPS) is 17.8. The summed E-state index contributed by atoms with van der Waals surface area (Å²) < 4.78 is 1.78. The molecule has 1 aliphatic rings. The molecule has 1 fully saturated rings. The van der Waals surface area contributed by atoms with E-state index in [1.165, 1.54) is 11.1 Å². The van der Waals surface area contributed by atoms with Crippen molar-refractivity contribution in [2.24, 2.45) is 0 Å². The van der Waals surface area contributed by atoms with E-state index in [4.69, 9.17) is 0 Å². The van der Waals surface area contributed by atoms with Crippen molar-refractivity contribution in [2.75, 3.05) is 6.54 Å². The number of aromatic nitrogens is 3. The van der Waals surface area contributed by atoms with Gasteiger partial charge in [-0.2, -0.15) is 0 Å². The van der Waals surface area contributed by atoms with Crippen molar-refractivity contribution in [3.63, 3.8) is 0 Å². The van der Waals surface area contributed by atoms with Gasteiger partial charge in [0.25, 0.3) is 5.91 Å². The molecular formula is C18H18N4O. The fraction of sp³-hybridized carbons (Fsp3) is 0.278. The average molecular weight is 306 g/mol. The molecular weight excluding hydrogens is 288 g/mol. The zero-order chi connectivity index (χ0) is 15.8. The maximum atomic E-state index is 12.9. The van der Waals surface area contributed by atoms with Crippen LogP contribution in [0.1, 0.15) is 40.5 Å². The number of hydrogen-bond donors (Lipinski definition) is 0. The lowest BCUT2D eigenvalue weighted by Gasteiger charge is -2.25. The van der Waals surface area contributed by atoms with Crippen LogP contribution >= 0.6 is 0 Å². The molecule has 3 heterocycles. The second-order valence-corrected chi connectivity index (χ2v) is 5.97. The van der Waals surface area contributed by atoms with Crippen molar-refractivity contribution >= 4 is 11.7 Å². The molecule has 1 aromatic carbocycles. The fourth-order valence-electron chi connectivity index (χ4n) is 3.37. The largest absolute Gasteiger partial charge is 0.330 e. The highest BCUT2D eigenvalue weighted by molar-refractivity contribution is 5.93. The molecule has 3 aromatic rings. The molecule has 0 unspecified atom stereocenters. The van der Waals surface area contributed by atoms with Crippen LogP contribution in [0, 0.1) is 6.92 Å². The summed E-state index contributed by atoms with van der Waals surface area (Å²) in [6, 6.07) is 10.3. The Morgan fingerprint density at radius 3 is 2.96 bits per heavy atom. The number of hydrogen-bond acceptors (Lipinski definition) is 3. The highest BCUT2D eigenvalue weighted by atomic mass is 16.2. The monoisotopic (exact) mass is 306 g/mol. The lowest BCUT2D eigenvalue weighted by molar-refractivity contribution is 0.0730. The summed E-state index contributed by atoms with van der Waals surface area (Å²) in [5.74, 6) is 0.545. The van der Waals surface area contributed by atoms with Gasteiger partial charge in [0.2, 0.25) is 5.78 Å². The first-order valence-corrected chi connectivity index (χ1v) is 7.90. The molecule has 0 aliphatic carbocycles. The Bertz CT molecular complexity index is 837. The maximum absolute atomic E-state index is 12.9. The molecule has 4 rings (SSSR count). The number of nitrogens with zero attached hydrogens (tertiary/aromatic N) is 4. The quantitative estimate of drug-likeness (QED) is 0.731. The molecule has 116 valence electrons. The first-order valence-electron chi connectivity index (χ1n) is 7.90. The highest BCUT2D eigenvalue weighted by Crippen LogP contribution is 2.34. The number of amides is 1. The van der Waals surface area contributed by atoms with Crippen LogP contribution in [0.3, 0.4) is 0 Å². The van der Waals surface area contributed by atoms with Crippen LogP contribution in [0.4, 0.5) is 0 Å². The first kappa shape index (κ1) is 13.9. The van der Waals surface area contributed by atoms with E-state index in [-0.39, 0.29) is 11.9 Å². The Morgan fingerprint density at radius 1 is 1.26 bits per heavy atom. The molecule has 0 N–H and O–H groups in total. The van der Waals surface area contributed by atoms with Crippen LogP contribution < -0.4 is 0 Å². The van der Waals surface area contributed by atoms with Gasteiger partial charge in [0.1, 0.15) is 5.69 Å². The van der Waals surface area contributed by atoms with Gasteiger partial charge in [-0.05, 0) is 37.0 Å². The summed E-state index contributed by atoms with van der Waals surface area (Å²) in [7, 11) is 0. The predicted octanol–water partition coefficient (Wildman–Crippen LogP) is 3.02. The van der Waals surface area contributed by atoms with Crippen molar-refractivity contribution in [3.8, 4) is 0 Å². The number of aryl methyl sites for hydroxylation is 1. The van der Waals surface area contributed by atoms with Crippen LogP contribution in [0.15, 0.2) is 48.9 Å². The number of carbonyl (C=O) groups is 1. The number of carbonyl (C=O) groups excluding carboxylic acids is 1. The van der Waals surface area contributed by atoms with Gasteiger partial charge in [-0.25, -0.2) is 9.97 Å². The molecule has 5 nitrogen and oxygen atoms in total. The number of rotatable bonds is 2.